The third-order valence-electron chi connectivity index (χ3n) is 3.50. The first-order chi connectivity index (χ1) is 7.54. The zero-order chi connectivity index (χ0) is 12.1. The lowest BCUT2D eigenvalue weighted by Crippen LogP contribution is -2.40. The third kappa shape index (κ3) is 3.76. The standard InChI is InChI=1S/C12H24N2O2/c1-9(2)10-3-4-12(16)14(6-5-10)8-11(15)7-13/h9-11,15H,3-8,13H2,1-2H3. The van der Waals surface area contributed by atoms with E-state index in [-0.39, 0.29) is 12.5 Å². The Morgan fingerprint density at radius 3 is 2.75 bits per heavy atom. The van der Waals surface area contributed by atoms with E-state index in [2.05, 4.69) is 13.8 Å². The van der Waals surface area contributed by atoms with Gasteiger partial charge in [0, 0.05) is 26.1 Å². The molecule has 0 radical (unpaired) electrons. The van der Waals surface area contributed by atoms with Gasteiger partial charge in [0.25, 0.3) is 0 Å². The molecule has 0 aromatic carbocycles. The average molecular weight is 228 g/mol. The van der Waals surface area contributed by atoms with E-state index in [1.54, 1.807) is 4.90 Å². The molecule has 0 aliphatic carbocycles. The number of carbonyl (C=O) groups excluding carboxylic acids is 1. The van der Waals surface area contributed by atoms with Crippen LogP contribution >= 0.6 is 0 Å². The molecule has 4 nitrogen and oxygen atoms in total. The summed E-state index contributed by atoms with van der Waals surface area (Å²) in [6, 6.07) is 0. The van der Waals surface area contributed by atoms with E-state index in [0.717, 1.165) is 19.4 Å². The van der Waals surface area contributed by atoms with Crippen LogP contribution < -0.4 is 5.73 Å². The Bertz CT molecular complexity index is 231. The van der Waals surface area contributed by atoms with Crippen LogP contribution in [0, 0.1) is 11.8 Å². The molecule has 94 valence electrons. The van der Waals surface area contributed by atoms with Crippen molar-refractivity contribution in [2.75, 3.05) is 19.6 Å². The summed E-state index contributed by atoms with van der Waals surface area (Å²) in [5.74, 6) is 1.42. The molecule has 1 amide bonds. The highest BCUT2D eigenvalue weighted by atomic mass is 16.3. The molecule has 0 spiro atoms. The van der Waals surface area contributed by atoms with Crippen LogP contribution in [0.1, 0.15) is 33.1 Å². The molecule has 3 N–H and O–H groups in total. The van der Waals surface area contributed by atoms with Gasteiger partial charge >= 0.3 is 0 Å². The van der Waals surface area contributed by atoms with E-state index in [4.69, 9.17) is 5.73 Å². The van der Waals surface area contributed by atoms with Gasteiger partial charge in [-0.1, -0.05) is 13.8 Å². The molecule has 0 bridgehead atoms. The van der Waals surface area contributed by atoms with Crippen LogP contribution in [0.2, 0.25) is 0 Å². The van der Waals surface area contributed by atoms with Crippen LogP contribution in [0.25, 0.3) is 0 Å². The van der Waals surface area contributed by atoms with Gasteiger partial charge in [-0.25, -0.2) is 0 Å². The first-order valence-corrected chi connectivity index (χ1v) is 6.20. The van der Waals surface area contributed by atoms with E-state index in [9.17, 15) is 9.90 Å². The summed E-state index contributed by atoms with van der Waals surface area (Å²) in [7, 11) is 0. The topological polar surface area (TPSA) is 66.6 Å². The second kappa shape index (κ2) is 6.21. The fourth-order valence-electron chi connectivity index (χ4n) is 2.25. The van der Waals surface area contributed by atoms with Crippen LogP contribution in [-0.4, -0.2) is 41.7 Å². The zero-order valence-corrected chi connectivity index (χ0v) is 10.4. The van der Waals surface area contributed by atoms with Gasteiger partial charge in [-0.15, -0.1) is 0 Å². The number of β-amino-alcohol motifs (C(OH)–C–C–N with tert-alkyl or cyclic N) is 1. The summed E-state index contributed by atoms with van der Waals surface area (Å²) in [5.41, 5.74) is 5.36. The fourth-order valence-corrected chi connectivity index (χ4v) is 2.25. The molecule has 1 heterocycles. The predicted octanol–water partition coefficient (Wildman–Crippen LogP) is 0.591. The number of nitrogens with zero attached hydrogens (tertiary/aromatic N) is 1. The minimum absolute atomic E-state index is 0.163. The van der Waals surface area contributed by atoms with E-state index in [1.165, 1.54) is 0 Å². The number of hydrogen-bond donors (Lipinski definition) is 2. The molecule has 16 heavy (non-hydrogen) atoms. The van der Waals surface area contributed by atoms with Gasteiger partial charge in [-0.05, 0) is 24.7 Å². The van der Waals surface area contributed by atoms with Crippen molar-refractivity contribution in [1.29, 1.82) is 0 Å². The Balaban J connectivity index is 2.50. The molecule has 1 fully saturated rings. The lowest BCUT2D eigenvalue weighted by Gasteiger charge is -2.23. The molecule has 0 saturated carbocycles. The van der Waals surface area contributed by atoms with Crippen molar-refractivity contribution in [3.63, 3.8) is 0 Å². The first-order valence-electron chi connectivity index (χ1n) is 6.20. The fraction of sp³-hybridized carbons (Fsp3) is 0.917. The molecular weight excluding hydrogens is 204 g/mol. The van der Waals surface area contributed by atoms with Gasteiger partial charge in [0.15, 0.2) is 0 Å². The summed E-state index contributed by atoms with van der Waals surface area (Å²) in [4.78, 5) is 13.6. The Labute approximate surface area is 97.8 Å². The maximum Gasteiger partial charge on any atom is 0.222 e. The number of carbonyl (C=O) groups is 1. The van der Waals surface area contributed by atoms with Crippen LogP contribution in [0.3, 0.4) is 0 Å². The molecule has 2 unspecified atom stereocenters. The number of aliphatic hydroxyl groups is 1. The summed E-state index contributed by atoms with van der Waals surface area (Å²) in [5, 5.41) is 9.48. The van der Waals surface area contributed by atoms with E-state index >= 15 is 0 Å². The molecule has 1 aliphatic heterocycles. The van der Waals surface area contributed by atoms with E-state index in [0.29, 0.717) is 24.8 Å². The van der Waals surface area contributed by atoms with Gasteiger partial charge in [0.1, 0.15) is 0 Å². The smallest absolute Gasteiger partial charge is 0.222 e. The van der Waals surface area contributed by atoms with Crippen molar-refractivity contribution in [2.24, 2.45) is 17.6 Å². The summed E-state index contributed by atoms with van der Waals surface area (Å²) >= 11 is 0. The van der Waals surface area contributed by atoms with Crippen LogP contribution in [-0.2, 0) is 4.79 Å². The number of aliphatic hydroxyl groups excluding tert-OH is 1. The van der Waals surface area contributed by atoms with Crippen molar-refractivity contribution >= 4 is 5.91 Å². The Hall–Kier alpha value is -0.610. The maximum absolute atomic E-state index is 11.8. The number of hydrogen-bond acceptors (Lipinski definition) is 3. The number of rotatable bonds is 4. The lowest BCUT2D eigenvalue weighted by molar-refractivity contribution is -0.132. The minimum Gasteiger partial charge on any atom is -0.390 e. The molecule has 1 saturated heterocycles. The first kappa shape index (κ1) is 13.5. The average Bonchev–Trinajstić information content (AvgIpc) is 2.42. The molecule has 1 aliphatic rings. The van der Waals surface area contributed by atoms with Crippen molar-refractivity contribution in [3.8, 4) is 0 Å². The minimum atomic E-state index is -0.584. The van der Waals surface area contributed by atoms with Crippen molar-refractivity contribution in [3.05, 3.63) is 0 Å². The highest BCUT2D eigenvalue weighted by Gasteiger charge is 2.25. The van der Waals surface area contributed by atoms with Crippen LogP contribution in [0.4, 0.5) is 0 Å². The van der Waals surface area contributed by atoms with Gasteiger partial charge in [-0.2, -0.15) is 0 Å². The highest BCUT2D eigenvalue weighted by molar-refractivity contribution is 5.76. The lowest BCUT2D eigenvalue weighted by atomic mass is 9.89. The van der Waals surface area contributed by atoms with Crippen molar-refractivity contribution in [2.45, 2.75) is 39.2 Å². The van der Waals surface area contributed by atoms with Gasteiger partial charge < -0.3 is 15.7 Å². The Kier molecular flexibility index (Phi) is 5.22. The number of nitrogens with two attached hydrogens (primary N) is 1. The molecular formula is C12H24N2O2. The zero-order valence-electron chi connectivity index (χ0n) is 10.4. The number of likely N-dealkylation sites (tertiary alicyclic amines) is 1. The number of amides is 1. The highest BCUT2D eigenvalue weighted by Crippen LogP contribution is 2.25. The van der Waals surface area contributed by atoms with Crippen molar-refractivity contribution < 1.29 is 9.90 Å². The molecule has 0 aromatic heterocycles. The molecule has 2 atom stereocenters. The van der Waals surface area contributed by atoms with E-state index < -0.39 is 6.10 Å². The van der Waals surface area contributed by atoms with Crippen LogP contribution in [0.5, 0.6) is 0 Å². The second-order valence-electron chi connectivity index (χ2n) is 5.06. The summed E-state index contributed by atoms with van der Waals surface area (Å²) in [6.07, 6.45) is 2.05. The third-order valence-corrected chi connectivity index (χ3v) is 3.50. The van der Waals surface area contributed by atoms with Gasteiger partial charge in [-0.3, -0.25) is 4.79 Å². The van der Waals surface area contributed by atoms with E-state index in [1.807, 2.05) is 0 Å². The molecule has 1 rings (SSSR count). The Morgan fingerprint density at radius 2 is 2.19 bits per heavy atom. The maximum atomic E-state index is 11.8. The predicted molar refractivity (Wildman–Crippen MR) is 63.8 cm³/mol. The monoisotopic (exact) mass is 228 g/mol. The van der Waals surface area contributed by atoms with Crippen LogP contribution in [0.15, 0.2) is 0 Å². The van der Waals surface area contributed by atoms with Gasteiger partial charge in [0.05, 0.1) is 6.10 Å². The SMILES string of the molecule is CC(C)C1CCC(=O)N(CC(O)CN)CC1. The van der Waals surface area contributed by atoms with Crippen molar-refractivity contribution in [1.82, 2.24) is 4.90 Å². The summed E-state index contributed by atoms with van der Waals surface area (Å²) < 4.78 is 0. The quantitative estimate of drug-likeness (QED) is 0.740. The Morgan fingerprint density at radius 1 is 1.50 bits per heavy atom. The van der Waals surface area contributed by atoms with Gasteiger partial charge in [0.2, 0.25) is 5.91 Å². The normalized spacial score (nSPS) is 24.7. The molecule has 0 aromatic rings. The second-order valence-corrected chi connectivity index (χ2v) is 5.06. The molecule has 4 heteroatoms. The summed E-state index contributed by atoms with van der Waals surface area (Å²) in [6.45, 7) is 5.79. The largest absolute Gasteiger partial charge is 0.390 e.